The van der Waals surface area contributed by atoms with E-state index in [1.165, 1.54) is 0 Å². The maximum Gasteiger partial charge on any atom is 0.123 e. The van der Waals surface area contributed by atoms with Crippen LogP contribution >= 0.6 is 22.9 Å². The van der Waals surface area contributed by atoms with Crippen molar-refractivity contribution in [2.45, 2.75) is 13.1 Å². The van der Waals surface area contributed by atoms with E-state index in [9.17, 15) is 0 Å². The summed E-state index contributed by atoms with van der Waals surface area (Å²) in [6, 6.07) is 5.80. The van der Waals surface area contributed by atoms with Gasteiger partial charge in [-0.25, -0.2) is 4.98 Å². The highest BCUT2D eigenvalue weighted by Crippen LogP contribution is 2.26. The predicted octanol–water partition coefficient (Wildman–Crippen LogP) is 3.19. The van der Waals surface area contributed by atoms with Gasteiger partial charge in [0.05, 0.1) is 11.2 Å². The zero-order valence-corrected chi connectivity index (χ0v) is 11.4. The second-order valence-corrected chi connectivity index (χ2v) is 5.45. The van der Waals surface area contributed by atoms with E-state index in [1.807, 2.05) is 23.7 Å². The van der Waals surface area contributed by atoms with Gasteiger partial charge in [-0.05, 0) is 18.2 Å². The SMILES string of the molecule is Clc1ccc2c(c1)CN(Cc1cscn1)CCO2. The molecule has 0 amide bonds. The van der Waals surface area contributed by atoms with Crippen molar-refractivity contribution in [2.24, 2.45) is 0 Å². The second-order valence-electron chi connectivity index (χ2n) is 4.29. The van der Waals surface area contributed by atoms with Gasteiger partial charge in [0.25, 0.3) is 0 Å². The number of benzene rings is 1. The Morgan fingerprint density at radius 1 is 1.44 bits per heavy atom. The number of ether oxygens (including phenoxy) is 1. The standard InChI is InChI=1S/C13H13ClN2OS/c14-11-1-2-13-10(5-11)6-16(3-4-17-13)7-12-8-18-9-15-12/h1-2,5,8-9H,3-4,6-7H2. The Bertz CT molecular complexity index is 530. The van der Waals surface area contributed by atoms with Gasteiger partial charge in [0.15, 0.2) is 0 Å². The van der Waals surface area contributed by atoms with Crippen molar-refractivity contribution in [1.82, 2.24) is 9.88 Å². The molecule has 1 aromatic heterocycles. The monoisotopic (exact) mass is 280 g/mol. The Balaban J connectivity index is 1.79. The third kappa shape index (κ3) is 2.66. The molecule has 3 nitrogen and oxygen atoms in total. The first-order chi connectivity index (χ1) is 8.81. The van der Waals surface area contributed by atoms with Crippen molar-refractivity contribution in [2.75, 3.05) is 13.2 Å². The van der Waals surface area contributed by atoms with Gasteiger partial charge < -0.3 is 4.74 Å². The van der Waals surface area contributed by atoms with E-state index in [-0.39, 0.29) is 0 Å². The summed E-state index contributed by atoms with van der Waals surface area (Å²) < 4.78 is 5.73. The largest absolute Gasteiger partial charge is 0.492 e. The lowest BCUT2D eigenvalue weighted by atomic mass is 10.2. The molecule has 0 fully saturated rings. The molecule has 3 rings (SSSR count). The van der Waals surface area contributed by atoms with Crippen molar-refractivity contribution >= 4 is 22.9 Å². The summed E-state index contributed by atoms with van der Waals surface area (Å²) in [6.45, 7) is 3.33. The average molecular weight is 281 g/mol. The maximum absolute atomic E-state index is 6.04. The summed E-state index contributed by atoms with van der Waals surface area (Å²) in [5.74, 6) is 0.945. The molecule has 0 saturated heterocycles. The van der Waals surface area contributed by atoms with Gasteiger partial charge in [-0.2, -0.15) is 0 Å². The van der Waals surface area contributed by atoms with Gasteiger partial charge in [0.1, 0.15) is 12.4 Å². The number of nitrogens with zero attached hydrogens (tertiary/aromatic N) is 2. The molecule has 0 aliphatic carbocycles. The van der Waals surface area contributed by atoms with Crippen LogP contribution in [0, 0.1) is 0 Å². The minimum atomic E-state index is 0.707. The fourth-order valence-electron chi connectivity index (χ4n) is 2.10. The molecule has 0 N–H and O–H groups in total. The molecule has 1 aliphatic rings. The Labute approximate surface area is 115 Å². The molecule has 94 valence electrons. The molecule has 1 aliphatic heterocycles. The average Bonchev–Trinajstić information content (AvgIpc) is 2.76. The molecule has 0 saturated carbocycles. The predicted molar refractivity (Wildman–Crippen MR) is 73.2 cm³/mol. The molecular formula is C13H13ClN2OS. The van der Waals surface area contributed by atoms with Gasteiger partial charge in [-0.3, -0.25) is 4.90 Å². The first kappa shape index (κ1) is 12.0. The zero-order chi connectivity index (χ0) is 12.4. The minimum absolute atomic E-state index is 0.707. The summed E-state index contributed by atoms with van der Waals surface area (Å²) >= 11 is 7.67. The summed E-state index contributed by atoms with van der Waals surface area (Å²) in [4.78, 5) is 6.66. The van der Waals surface area contributed by atoms with Gasteiger partial charge in [-0.15, -0.1) is 11.3 Å². The number of fused-ring (bicyclic) bond motifs is 1. The second kappa shape index (κ2) is 5.26. The molecule has 0 radical (unpaired) electrons. The van der Waals surface area contributed by atoms with Crippen LogP contribution in [0.5, 0.6) is 5.75 Å². The Morgan fingerprint density at radius 2 is 2.39 bits per heavy atom. The Hall–Kier alpha value is -1.10. The highest BCUT2D eigenvalue weighted by atomic mass is 35.5. The van der Waals surface area contributed by atoms with Gasteiger partial charge >= 0.3 is 0 Å². The molecular weight excluding hydrogens is 268 g/mol. The third-order valence-electron chi connectivity index (χ3n) is 2.95. The van der Waals surface area contributed by atoms with Crippen LogP contribution in [0.15, 0.2) is 29.1 Å². The normalized spacial score (nSPS) is 15.8. The lowest BCUT2D eigenvalue weighted by Crippen LogP contribution is -2.25. The van der Waals surface area contributed by atoms with Gasteiger partial charge in [0, 0.05) is 35.6 Å². The Morgan fingerprint density at radius 3 is 3.22 bits per heavy atom. The van der Waals surface area contributed by atoms with Gasteiger partial charge in [-0.1, -0.05) is 11.6 Å². The molecule has 5 heteroatoms. The summed E-state index contributed by atoms with van der Waals surface area (Å²) in [5, 5.41) is 2.85. The Kier molecular flexibility index (Phi) is 3.50. The quantitative estimate of drug-likeness (QED) is 0.845. The van der Waals surface area contributed by atoms with Crippen molar-refractivity contribution in [3.05, 3.63) is 45.4 Å². The molecule has 0 unspecified atom stereocenters. The fourth-order valence-corrected chi connectivity index (χ4v) is 2.84. The third-order valence-corrected chi connectivity index (χ3v) is 3.82. The van der Waals surface area contributed by atoms with E-state index >= 15 is 0 Å². The summed E-state index contributed by atoms with van der Waals surface area (Å²) in [5.41, 5.74) is 4.13. The van der Waals surface area contributed by atoms with Crippen LogP contribution in [0.1, 0.15) is 11.3 Å². The molecule has 0 bridgehead atoms. The fraction of sp³-hybridized carbons (Fsp3) is 0.308. The first-order valence-corrected chi connectivity index (χ1v) is 7.14. The summed E-state index contributed by atoms with van der Waals surface area (Å²) in [6.07, 6.45) is 0. The number of rotatable bonds is 2. The lowest BCUT2D eigenvalue weighted by molar-refractivity contribution is 0.218. The van der Waals surface area contributed by atoms with E-state index in [4.69, 9.17) is 16.3 Å². The van der Waals surface area contributed by atoms with Crippen molar-refractivity contribution in [3.8, 4) is 5.75 Å². The van der Waals surface area contributed by atoms with E-state index in [2.05, 4.69) is 15.3 Å². The van der Waals surface area contributed by atoms with Crippen molar-refractivity contribution < 1.29 is 4.74 Å². The number of halogens is 1. The number of aromatic nitrogens is 1. The van der Waals surface area contributed by atoms with E-state index in [0.29, 0.717) is 6.61 Å². The number of hydrogen-bond donors (Lipinski definition) is 0. The molecule has 0 spiro atoms. The van der Waals surface area contributed by atoms with Crippen LogP contribution in [-0.4, -0.2) is 23.0 Å². The zero-order valence-electron chi connectivity index (χ0n) is 9.80. The lowest BCUT2D eigenvalue weighted by Gasteiger charge is -2.17. The van der Waals surface area contributed by atoms with Crippen molar-refractivity contribution in [3.63, 3.8) is 0 Å². The number of thiazole rings is 1. The van der Waals surface area contributed by atoms with Crippen molar-refractivity contribution in [1.29, 1.82) is 0 Å². The van der Waals surface area contributed by atoms with Crippen LogP contribution in [-0.2, 0) is 13.1 Å². The number of hydrogen-bond acceptors (Lipinski definition) is 4. The molecule has 18 heavy (non-hydrogen) atoms. The smallest absolute Gasteiger partial charge is 0.123 e. The van der Waals surface area contributed by atoms with Crippen LogP contribution in [0.4, 0.5) is 0 Å². The molecule has 0 atom stereocenters. The highest BCUT2D eigenvalue weighted by Gasteiger charge is 2.16. The molecule has 1 aromatic carbocycles. The maximum atomic E-state index is 6.04. The first-order valence-electron chi connectivity index (χ1n) is 5.82. The molecule has 2 heterocycles. The molecule has 2 aromatic rings. The van der Waals surface area contributed by atoms with E-state index in [1.54, 1.807) is 11.3 Å². The summed E-state index contributed by atoms with van der Waals surface area (Å²) in [7, 11) is 0. The van der Waals surface area contributed by atoms with Crippen LogP contribution in [0.2, 0.25) is 5.02 Å². The minimum Gasteiger partial charge on any atom is -0.492 e. The highest BCUT2D eigenvalue weighted by molar-refractivity contribution is 7.07. The van der Waals surface area contributed by atoms with Crippen LogP contribution in [0.3, 0.4) is 0 Å². The van der Waals surface area contributed by atoms with E-state index < -0.39 is 0 Å². The van der Waals surface area contributed by atoms with E-state index in [0.717, 1.165) is 41.7 Å². The van der Waals surface area contributed by atoms with Crippen LogP contribution in [0.25, 0.3) is 0 Å². The topological polar surface area (TPSA) is 25.4 Å². The van der Waals surface area contributed by atoms with Gasteiger partial charge in [0.2, 0.25) is 0 Å². The van der Waals surface area contributed by atoms with Crippen LogP contribution < -0.4 is 4.74 Å².